The first kappa shape index (κ1) is 13.7. The Labute approximate surface area is 116 Å². The molecular formula is C15H14N2O3. The Hall–Kier alpha value is -2.69. The van der Waals surface area contributed by atoms with E-state index in [9.17, 15) is 9.59 Å². The minimum atomic E-state index is -0.479. The molecule has 5 nitrogen and oxygen atoms in total. The van der Waals surface area contributed by atoms with Gasteiger partial charge in [-0.25, -0.2) is 9.78 Å². The first-order valence-corrected chi connectivity index (χ1v) is 6.02. The van der Waals surface area contributed by atoms with E-state index in [1.165, 1.54) is 13.2 Å². The van der Waals surface area contributed by atoms with E-state index in [-0.39, 0.29) is 5.91 Å². The molecule has 0 fully saturated rings. The molecule has 0 unspecified atom stereocenters. The molecule has 2 rings (SSSR count). The lowest BCUT2D eigenvalue weighted by Gasteiger charge is -2.06. The lowest BCUT2D eigenvalue weighted by atomic mass is 10.1. The maximum absolute atomic E-state index is 12.1. The van der Waals surface area contributed by atoms with Crippen molar-refractivity contribution in [2.75, 3.05) is 12.4 Å². The van der Waals surface area contributed by atoms with E-state index in [0.717, 1.165) is 5.56 Å². The molecule has 0 radical (unpaired) electrons. The van der Waals surface area contributed by atoms with Crippen LogP contribution in [0.4, 0.5) is 5.82 Å². The van der Waals surface area contributed by atoms with Crippen LogP contribution in [0.1, 0.15) is 26.3 Å². The van der Waals surface area contributed by atoms with Crippen molar-refractivity contribution in [1.29, 1.82) is 0 Å². The summed E-state index contributed by atoms with van der Waals surface area (Å²) in [7, 11) is 1.30. The van der Waals surface area contributed by atoms with E-state index in [2.05, 4.69) is 15.0 Å². The zero-order valence-corrected chi connectivity index (χ0v) is 11.2. The van der Waals surface area contributed by atoms with Crippen molar-refractivity contribution in [2.24, 2.45) is 0 Å². The van der Waals surface area contributed by atoms with Gasteiger partial charge in [0, 0.05) is 11.8 Å². The van der Waals surface area contributed by atoms with Gasteiger partial charge in [-0.1, -0.05) is 12.1 Å². The SMILES string of the molecule is COC(=O)c1cccc(C(=O)Nc2ccc(C)cn2)c1. The number of methoxy groups -OCH3 is 1. The predicted molar refractivity (Wildman–Crippen MR) is 74.7 cm³/mol. The van der Waals surface area contributed by atoms with Crippen molar-refractivity contribution in [2.45, 2.75) is 6.92 Å². The number of nitrogens with one attached hydrogen (secondary N) is 1. The third kappa shape index (κ3) is 3.20. The summed E-state index contributed by atoms with van der Waals surface area (Å²) in [4.78, 5) is 27.6. The monoisotopic (exact) mass is 270 g/mol. The van der Waals surface area contributed by atoms with Crippen LogP contribution >= 0.6 is 0 Å². The molecule has 0 spiro atoms. The van der Waals surface area contributed by atoms with Gasteiger partial charge in [0.2, 0.25) is 0 Å². The number of carbonyl (C=O) groups excluding carboxylic acids is 2. The summed E-state index contributed by atoms with van der Waals surface area (Å²) in [5.74, 6) is -0.343. The van der Waals surface area contributed by atoms with Crippen molar-refractivity contribution in [1.82, 2.24) is 4.98 Å². The largest absolute Gasteiger partial charge is 0.465 e. The number of ether oxygens (including phenoxy) is 1. The summed E-state index contributed by atoms with van der Waals surface area (Å²) in [6.45, 7) is 1.92. The van der Waals surface area contributed by atoms with Crippen molar-refractivity contribution >= 4 is 17.7 Å². The molecule has 20 heavy (non-hydrogen) atoms. The van der Waals surface area contributed by atoms with Crippen LogP contribution in [-0.4, -0.2) is 24.0 Å². The zero-order valence-electron chi connectivity index (χ0n) is 11.2. The Morgan fingerprint density at radius 1 is 1.15 bits per heavy atom. The standard InChI is InChI=1S/C15H14N2O3/c1-10-6-7-13(16-9-10)17-14(18)11-4-3-5-12(8-11)15(19)20-2/h3-9H,1-2H3,(H,16,17,18). The third-order valence-corrected chi connectivity index (χ3v) is 2.70. The summed E-state index contributed by atoms with van der Waals surface area (Å²) in [5, 5.41) is 2.67. The predicted octanol–water partition coefficient (Wildman–Crippen LogP) is 2.43. The van der Waals surface area contributed by atoms with Crippen LogP contribution in [0.2, 0.25) is 0 Å². The first-order valence-electron chi connectivity index (χ1n) is 6.02. The van der Waals surface area contributed by atoms with E-state index < -0.39 is 5.97 Å². The number of carbonyl (C=O) groups is 2. The summed E-state index contributed by atoms with van der Waals surface area (Å²) >= 11 is 0. The van der Waals surface area contributed by atoms with Crippen LogP contribution in [0.5, 0.6) is 0 Å². The number of benzene rings is 1. The van der Waals surface area contributed by atoms with Gasteiger partial charge in [-0.2, -0.15) is 0 Å². The summed E-state index contributed by atoms with van der Waals surface area (Å²) in [6.07, 6.45) is 1.67. The Morgan fingerprint density at radius 2 is 1.90 bits per heavy atom. The second kappa shape index (κ2) is 5.97. The smallest absolute Gasteiger partial charge is 0.337 e. The van der Waals surface area contributed by atoms with Crippen molar-refractivity contribution in [3.63, 3.8) is 0 Å². The van der Waals surface area contributed by atoms with Gasteiger partial charge in [0.25, 0.3) is 5.91 Å². The van der Waals surface area contributed by atoms with Crippen molar-refractivity contribution < 1.29 is 14.3 Å². The van der Waals surface area contributed by atoms with E-state index in [4.69, 9.17) is 0 Å². The van der Waals surface area contributed by atoms with Gasteiger partial charge in [0.05, 0.1) is 12.7 Å². The zero-order chi connectivity index (χ0) is 14.5. The highest BCUT2D eigenvalue weighted by atomic mass is 16.5. The van der Waals surface area contributed by atoms with Crippen LogP contribution in [0.3, 0.4) is 0 Å². The molecule has 0 aliphatic heterocycles. The van der Waals surface area contributed by atoms with Crippen LogP contribution in [0.25, 0.3) is 0 Å². The van der Waals surface area contributed by atoms with Crippen LogP contribution in [0.15, 0.2) is 42.6 Å². The van der Waals surface area contributed by atoms with Gasteiger partial charge < -0.3 is 10.1 Å². The highest BCUT2D eigenvalue weighted by Crippen LogP contribution is 2.10. The van der Waals surface area contributed by atoms with Crippen LogP contribution in [-0.2, 0) is 4.74 Å². The minimum absolute atomic E-state index is 0.327. The second-order valence-electron chi connectivity index (χ2n) is 4.25. The number of rotatable bonds is 3. The molecular weight excluding hydrogens is 256 g/mol. The fourth-order valence-electron chi connectivity index (χ4n) is 1.64. The molecule has 5 heteroatoms. The first-order chi connectivity index (χ1) is 9.60. The van der Waals surface area contributed by atoms with Gasteiger partial charge in [0.15, 0.2) is 0 Å². The molecule has 0 bridgehead atoms. The average Bonchev–Trinajstić information content (AvgIpc) is 2.49. The number of aromatic nitrogens is 1. The maximum Gasteiger partial charge on any atom is 0.337 e. The van der Waals surface area contributed by atoms with E-state index >= 15 is 0 Å². The fourth-order valence-corrected chi connectivity index (χ4v) is 1.64. The Bertz CT molecular complexity index is 636. The summed E-state index contributed by atoms with van der Waals surface area (Å²) < 4.78 is 4.62. The van der Waals surface area contributed by atoms with Crippen LogP contribution < -0.4 is 5.32 Å². The number of aryl methyl sites for hydroxylation is 1. The Kier molecular flexibility index (Phi) is 4.10. The number of pyridine rings is 1. The van der Waals surface area contributed by atoms with Crippen molar-refractivity contribution in [3.8, 4) is 0 Å². The molecule has 0 atom stereocenters. The number of amides is 1. The number of nitrogens with zero attached hydrogens (tertiary/aromatic N) is 1. The Balaban J connectivity index is 2.17. The molecule has 1 aromatic heterocycles. The van der Waals surface area contributed by atoms with Gasteiger partial charge in [-0.05, 0) is 36.8 Å². The highest BCUT2D eigenvalue weighted by Gasteiger charge is 2.11. The van der Waals surface area contributed by atoms with Gasteiger partial charge >= 0.3 is 5.97 Å². The number of hydrogen-bond donors (Lipinski definition) is 1. The summed E-state index contributed by atoms with van der Waals surface area (Å²) in [5.41, 5.74) is 1.71. The quantitative estimate of drug-likeness (QED) is 0.870. The molecule has 0 aliphatic carbocycles. The normalized spacial score (nSPS) is 9.90. The molecule has 102 valence electrons. The third-order valence-electron chi connectivity index (χ3n) is 2.70. The molecule has 1 N–H and O–H groups in total. The van der Waals surface area contributed by atoms with E-state index in [0.29, 0.717) is 16.9 Å². The molecule has 0 saturated heterocycles. The summed E-state index contributed by atoms with van der Waals surface area (Å²) in [6, 6.07) is 9.90. The second-order valence-corrected chi connectivity index (χ2v) is 4.25. The maximum atomic E-state index is 12.1. The van der Waals surface area contributed by atoms with E-state index in [1.807, 2.05) is 13.0 Å². The average molecular weight is 270 g/mol. The number of esters is 1. The van der Waals surface area contributed by atoms with Crippen molar-refractivity contribution in [3.05, 3.63) is 59.3 Å². The highest BCUT2D eigenvalue weighted by molar-refractivity contribution is 6.05. The molecule has 1 amide bonds. The minimum Gasteiger partial charge on any atom is -0.465 e. The molecule has 0 aliphatic rings. The van der Waals surface area contributed by atoms with Crippen LogP contribution in [0, 0.1) is 6.92 Å². The van der Waals surface area contributed by atoms with Gasteiger partial charge in [0.1, 0.15) is 5.82 Å². The number of hydrogen-bond acceptors (Lipinski definition) is 4. The van der Waals surface area contributed by atoms with Gasteiger partial charge in [-0.15, -0.1) is 0 Å². The fraction of sp³-hybridized carbons (Fsp3) is 0.133. The van der Waals surface area contributed by atoms with Gasteiger partial charge in [-0.3, -0.25) is 4.79 Å². The molecule has 1 aromatic carbocycles. The Morgan fingerprint density at radius 3 is 2.55 bits per heavy atom. The number of anilines is 1. The lowest BCUT2D eigenvalue weighted by molar-refractivity contribution is 0.0600. The lowest BCUT2D eigenvalue weighted by Crippen LogP contribution is -2.14. The topological polar surface area (TPSA) is 68.3 Å². The molecule has 2 aromatic rings. The van der Waals surface area contributed by atoms with E-state index in [1.54, 1.807) is 30.5 Å². The molecule has 1 heterocycles. The molecule has 0 saturated carbocycles.